The van der Waals surface area contributed by atoms with Gasteiger partial charge in [0, 0.05) is 12.0 Å². The molecule has 0 radical (unpaired) electrons. The van der Waals surface area contributed by atoms with Gasteiger partial charge in [0.05, 0.1) is 5.56 Å². The highest BCUT2D eigenvalue weighted by Crippen LogP contribution is 2.39. The number of carboxylic acid groups (broad SMARTS) is 1. The summed E-state index contributed by atoms with van der Waals surface area (Å²) in [5.41, 5.74) is 3.24. The van der Waals surface area contributed by atoms with Crippen molar-refractivity contribution in [2.24, 2.45) is 0 Å². The van der Waals surface area contributed by atoms with E-state index in [2.05, 4.69) is 6.92 Å². The van der Waals surface area contributed by atoms with Crippen molar-refractivity contribution in [1.29, 1.82) is 0 Å². The fourth-order valence-corrected chi connectivity index (χ4v) is 3.58. The molecule has 3 heteroatoms. The van der Waals surface area contributed by atoms with Gasteiger partial charge in [0.2, 0.25) is 0 Å². The van der Waals surface area contributed by atoms with Crippen molar-refractivity contribution in [3.8, 4) is 11.5 Å². The lowest BCUT2D eigenvalue weighted by atomic mass is 9.90. The topological polar surface area (TPSA) is 46.5 Å². The summed E-state index contributed by atoms with van der Waals surface area (Å²) >= 11 is 0. The molecular weight excluding hydrogens is 312 g/mol. The SMILES string of the molecule is CCCCCCCCc1ccc2c(c1C(=O)O)Cc1ccccc1O2. The van der Waals surface area contributed by atoms with Crippen LogP contribution in [0.15, 0.2) is 36.4 Å². The maximum absolute atomic E-state index is 11.9. The largest absolute Gasteiger partial charge is 0.478 e. The zero-order chi connectivity index (χ0) is 17.6. The highest BCUT2D eigenvalue weighted by atomic mass is 16.5. The Bertz CT molecular complexity index is 749. The zero-order valence-electron chi connectivity index (χ0n) is 14.9. The van der Waals surface area contributed by atoms with Crippen LogP contribution in [0.3, 0.4) is 0 Å². The minimum Gasteiger partial charge on any atom is -0.478 e. The lowest BCUT2D eigenvalue weighted by molar-refractivity contribution is 0.0694. The Balaban J connectivity index is 1.76. The molecule has 1 heterocycles. The van der Waals surface area contributed by atoms with Gasteiger partial charge in [-0.25, -0.2) is 4.79 Å². The fourth-order valence-electron chi connectivity index (χ4n) is 3.58. The average Bonchev–Trinajstić information content (AvgIpc) is 2.62. The van der Waals surface area contributed by atoms with Crippen LogP contribution in [0.2, 0.25) is 0 Å². The van der Waals surface area contributed by atoms with E-state index < -0.39 is 5.97 Å². The maximum Gasteiger partial charge on any atom is 0.336 e. The van der Waals surface area contributed by atoms with Crippen molar-refractivity contribution in [3.05, 3.63) is 58.7 Å². The molecule has 132 valence electrons. The molecule has 1 aliphatic rings. The molecule has 1 aliphatic heterocycles. The molecule has 3 nitrogen and oxygen atoms in total. The van der Waals surface area contributed by atoms with E-state index in [4.69, 9.17) is 4.74 Å². The third-order valence-corrected chi connectivity index (χ3v) is 4.93. The van der Waals surface area contributed by atoms with Gasteiger partial charge >= 0.3 is 5.97 Å². The second-order valence-electron chi connectivity index (χ2n) is 6.79. The summed E-state index contributed by atoms with van der Waals surface area (Å²) < 4.78 is 5.93. The molecule has 1 N–H and O–H groups in total. The summed E-state index contributed by atoms with van der Waals surface area (Å²) in [6, 6.07) is 11.7. The number of hydrogen-bond donors (Lipinski definition) is 1. The Kier molecular flexibility index (Phi) is 5.75. The van der Waals surface area contributed by atoms with Gasteiger partial charge in [-0.05, 0) is 36.1 Å². The molecule has 0 aliphatic carbocycles. The molecule has 0 saturated carbocycles. The molecule has 0 aromatic heterocycles. The third-order valence-electron chi connectivity index (χ3n) is 4.93. The van der Waals surface area contributed by atoms with Crippen LogP contribution in [0.4, 0.5) is 0 Å². The summed E-state index contributed by atoms with van der Waals surface area (Å²) in [6.07, 6.45) is 8.69. The predicted molar refractivity (Wildman–Crippen MR) is 99.8 cm³/mol. The van der Waals surface area contributed by atoms with Crippen LogP contribution in [-0.2, 0) is 12.8 Å². The Morgan fingerprint density at radius 3 is 2.56 bits per heavy atom. The van der Waals surface area contributed by atoms with Crippen LogP contribution >= 0.6 is 0 Å². The summed E-state index contributed by atoms with van der Waals surface area (Å²) in [5, 5.41) is 9.79. The van der Waals surface area contributed by atoms with Gasteiger partial charge in [0.25, 0.3) is 0 Å². The summed E-state index contributed by atoms with van der Waals surface area (Å²) in [7, 11) is 0. The monoisotopic (exact) mass is 338 g/mol. The minimum atomic E-state index is -0.846. The van der Waals surface area contributed by atoms with Crippen molar-refractivity contribution < 1.29 is 14.6 Å². The number of ether oxygens (including phenoxy) is 1. The Labute approximate surface area is 149 Å². The molecule has 0 amide bonds. The Morgan fingerprint density at radius 1 is 1.00 bits per heavy atom. The van der Waals surface area contributed by atoms with Gasteiger partial charge in [-0.3, -0.25) is 0 Å². The van der Waals surface area contributed by atoms with Crippen LogP contribution < -0.4 is 4.74 Å². The number of aryl methyl sites for hydroxylation is 1. The number of aromatic carboxylic acids is 1. The smallest absolute Gasteiger partial charge is 0.336 e. The van der Waals surface area contributed by atoms with E-state index in [0.29, 0.717) is 17.7 Å². The number of benzene rings is 2. The highest BCUT2D eigenvalue weighted by Gasteiger charge is 2.24. The summed E-state index contributed by atoms with van der Waals surface area (Å²) in [6.45, 7) is 2.21. The molecule has 0 bridgehead atoms. The molecular formula is C22H26O3. The van der Waals surface area contributed by atoms with Crippen molar-refractivity contribution in [3.63, 3.8) is 0 Å². The van der Waals surface area contributed by atoms with Crippen LogP contribution in [0.25, 0.3) is 0 Å². The minimum absolute atomic E-state index is 0.445. The molecule has 0 spiro atoms. The normalized spacial score (nSPS) is 12.2. The van der Waals surface area contributed by atoms with E-state index in [9.17, 15) is 9.90 Å². The standard InChI is InChI=1S/C22H26O3/c1-2-3-4-5-6-7-10-16-13-14-20-18(21(16)22(23)24)15-17-11-8-9-12-19(17)25-20/h8-9,11-14H,2-7,10,15H2,1H3,(H,23,24). The fraction of sp³-hybridized carbons (Fsp3) is 0.409. The van der Waals surface area contributed by atoms with E-state index >= 15 is 0 Å². The van der Waals surface area contributed by atoms with Gasteiger partial charge in [-0.2, -0.15) is 0 Å². The first-order valence-corrected chi connectivity index (χ1v) is 9.34. The number of fused-ring (bicyclic) bond motifs is 2. The second-order valence-corrected chi connectivity index (χ2v) is 6.79. The van der Waals surface area contributed by atoms with Crippen molar-refractivity contribution in [2.75, 3.05) is 0 Å². The van der Waals surface area contributed by atoms with E-state index in [1.807, 2.05) is 36.4 Å². The van der Waals surface area contributed by atoms with Crippen LogP contribution in [0.5, 0.6) is 11.5 Å². The van der Waals surface area contributed by atoms with E-state index in [-0.39, 0.29) is 0 Å². The van der Waals surface area contributed by atoms with Gasteiger partial charge in [0.15, 0.2) is 0 Å². The molecule has 0 fully saturated rings. The first-order chi connectivity index (χ1) is 12.2. The predicted octanol–water partition coefficient (Wildman–Crippen LogP) is 5.98. The van der Waals surface area contributed by atoms with Crippen molar-refractivity contribution in [1.82, 2.24) is 0 Å². The summed E-state index contributed by atoms with van der Waals surface area (Å²) in [4.78, 5) is 11.9. The average molecular weight is 338 g/mol. The highest BCUT2D eigenvalue weighted by molar-refractivity contribution is 5.92. The number of carbonyl (C=O) groups is 1. The zero-order valence-corrected chi connectivity index (χ0v) is 14.9. The molecule has 0 atom stereocenters. The van der Waals surface area contributed by atoms with Crippen LogP contribution in [-0.4, -0.2) is 11.1 Å². The second kappa shape index (κ2) is 8.19. The quantitative estimate of drug-likeness (QED) is 0.514. The van der Waals surface area contributed by atoms with Gasteiger partial charge in [0.1, 0.15) is 11.5 Å². The van der Waals surface area contributed by atoms with Crippen molar-refractivity contribution in [2.45, 2.75) is 58.3 Å². The van der Waals surface area contributed by atoms with Crippen LogP contribution in [0, 0.1) is 0 Å². The molecule has 2 aromatic carbocycles. The van der Waals surface area contributed by atoms with Crippen molar-refractivity contribution >= 4 is 5.97 Å². The molecule has 0 unspecified atom stereocenters. The lowest BCUT2D eigenvalue weighted by Gasteiger charge is -2.23. The van der Waals surface area contributed by atoms with Gasteiger partial charge < -0.3 is 9.84 Å². The first kappa shape index (κ1) is 17.5. The lowest BCUT2D eigenvalue weighted by Crippen LogP contribution is -2.12. The van der Waals surface area contributed by atoms with E-state index in [1.165, 1.54) is 25.7 Å². The van der Waals surface area contributed by atoms with Gasteiger partial charge in [-0.15, -0.1) is 0 Å². The summed E-state index contributed by atoms with van der Waals surface area (Å²) in [5.74, 6) is 0.665. The molecule has 3 rings (SSSR count). The van der Waals surface area contributed by atoms with Crippen LogP contribution in [0.1, 0.15) is 72.5 Å². The Morgan fingerprint density at radius 2 is 1.76 bits per heavy atom. The first-order valence-electron chi connectivity index (χ1n) is 9.34. The molecule has 0 saturated heterocycles. The number of hydrogen-bond acceptors (Lipinski definition) is 2. The maximum atomic E-state index is 11.9. The molecule has 2 aromatic rings. The van der Waals surface area contributed by atoms with Gasteiger partial charge in [-0.1, -0.05) is 63.3 Å². The third kappa shape index (κ3) is 4.04. The number of carboxylic acids is 1. The number of unbranched alkanes of at least 4 members (excludes halogenated alkanes) is 5. The van der Waals surface area contributed by atoms with E-state index in [1.54, 1.807) is 0 Å². The van der Waals surface area contributed by atoms with E-state index in [0.717, 1.165) is 41.7 Å². The molecule has 25 heavy (non-hydrogen) atoms. The number of rotatable bonds is 8. The Hall–Kier alpha value is -2.29. The number of para-hydroxylation sites is 1.